The number of nitrogens with zero attached hydrogens (tertiary/aromatic N) is 3. The van der Waals surface area contributed by atoms with E-state index in [1.54, 1.807) is 20.3 Å². The Labute approximate surface area is 157 Å². The second-order valence-electron chi connectivity index (χ2n) is 6.20. The van der Waals surface area contributed by atoms with Crippen LogP contribution in [0.4, 0.5) is 5.69 Å². The molecule has 7 heteroatoms. The highest BCUT2D eigenvalue weighted by Gasteiger charge is 2.16. The summed E-state index contributed by atoms with van der Waals surface area (Å²) in [7, 11) is 3.22. The standard InChI is InChI=1S/C19H21ClN4O2/c1-25-17-10-18(26-2)15(20)9-14(17)16-12-24-11-13(3-4-19(24)22-16)23-7-5-21-6-8-23/h3-4,9-12,21H,5-8H2,1-2H3. The van der Waals surface area contributed by atoms with Crippen molar-refractivity contribution in [2.45, 2.75) is 0 Å². The number of benzene rings is 1. The van der Waals surface area contributed by atoms with Crippen molar-refractivity contribution in [2.75, 3.05) is 45.3 Å². The van der Waals surface area contributed by atoms with Crippen molar-refractivity contribution < 1.29 is 9.47 Å². The van der Waals surface area contributed by atoms with E-state index in [1.807, 2.05) is 22.7 Å². The topological polar surface area (TPSA) is 51.0 Å². The summed E-state index contributed by atoms with van der Waals surface area (Å²) in [6, 6.07) is 7.78. The van der Waals surface area contributed by atoms with Gasteiger partial charge in [-0.25, -0.2) is 4.98 Å². The minimum Gasteiger partial charge on any atom is -0.496 e. The zero-order valence-electron chi connectivity index (χ0n) is 14.8. The van der Waals surface area contributed by atoms with E-state index in [9.17, 15) is 0 Å². The summed E-state index contributed by atoms with van der Waals surface area (Å²) in [5.41, 5.74) is 3.73. The molecular weight excluding hydrogens is 352 g/mol. The van der Waals surface area contributed by atoms with Crippen LogP contribution >= 0.6 is 11.6 Å². The Kier molecular flexibility index (Phi) is 4.61. The van der Waals surface area contributed by atoms with Gasteiger partial charge < -0.3 is 24.1 Å². The van der Waals surface area contributed by atoms with Crippen molar-refractivity contribution in [3.05, 3.63) is 41.7 Å². The predicted molar refractivity (Wildman–Crippen MR) is 104 cm³/mol. The quantitative estimate of drug-likeness (QED) is 0.762. The minimum atomic E-state index is 0.530. The van der Waals surface area contributed by atoms with Crippen molar-refractivity contribution in [1.29, 1.82) is 0 Å². The van der Waals surface area contributed by atoms with Crippen molar-refractivity contribution in [3.8, 4) is 22.8 Å². The van der Waals surface area contributed by atoms with Crippen molar-refractivity contribution in [1.82, 2.24) is 14.7 Å². The number of nitrogens with one attached hydrogen (secondary N) is 1. The van der Waals surface area contributed by atoms with E-state index < -0.39 is 0 Å². The first-order valence-electron chi connectivity index (χ1n) is 8.56. The molecule has 1 aliphatic rings. The van der Waals surface area contributed by atoms with Gasteiger partial charge in [-0.3, -0.25) is 0 Å². The normalized spacial score (nSPS) is 14.7. The Morgan fingerprint density at radius 2 is 1.81 bits per heavy atom. The molecule has 6 nitrogen and oxygen atoms in total. The van der Waals surface area contributed by atoms with E-state index in [2.05, 4.69) is 22.5 Å². The number of hydrogen-bond acceptors (Lipinski definition) is 5. The molecule has 1 N–H and O–H groups in total. The molecule has 1 aromatic carbocycles. The first-order chi connectivity index (χ1) is 12.7. The van der Waals surface area contributed by atoms with Gasteiger partial charge in [0, 0.05) is 50.2 Å². The number of halogens is 1. The maximum Gasteiger partial charge on any atom is 0.141 e. The molecule has 4 rings (SSSR count). The zero-order valence-corrected chi connectivity index (χ0v) is 15.6. The van der Waals surface area contributed by atoms with Crippen LogP contribution in [0.1, 0.15) is 0 Å². The summed E-state index contributed by atoms with van der Waals surface area (Å²) in [4.78, 5) is 7.10. The molecule has 3 heterocycles. The molecule has 0 spiro atoms. The summed E-state index contributed by atoms with van der Waals surface area (Å²) in [6.45, 7) is 4.04. The highest BCUT2D eigenvalue weighted by atomic mass is 35.5. The number of methoxy groups -OCH3 is 2. The van der Waals surface area contributed by atoms with Crippen LogP contribution in [-0.4, -0.2) is 49.8 Å². The van der Waals surface area contributed by atoms with E-state index in [0.29, 0.717) is 16.5 Å². The lowest BCUT2D eigenvalue weighted by Gasteiger charge is -2.29. The van der Waals surface area contributed by atoms with Gasteiger partial charge in [0.05, 0.1) is 30.6 Å². The average Bonchev–Trinajstić information content (AvgIpc) is 3.11. The van der Waals surface area contributed by atoms with Gasteiger partial charge in [-0.1, -0.05) is 11.6 Å². The van der Waals surface area contributed by atoms with Crippen molar-refractivity contribution in [2.24, 2.45) is 0 Å². The van der Waals surface area contributed by atoms with Gasteiger partial charge in [0.25, 0.3) is 0 Å². The van der Waals surface area contributed by atoms with Crippen LogP contribution in [0.5, 0.6) is 11.5 Å². The monoisotopic (exact) mass is 372 g/mol. The average molecular weight is 373 g/mol. The fourth-order valence-electron chi connectivity index (χ4n) is 3.28. The molecule has 1 fully saturated rings. The summed E-state index contributed by atoms with van der Waals surface area (Å²) >= 11 is 6.31. The minimum absolute atomic E-state index is 0.530. The highest BCUT2D eigenvalue weighted by molar-refractivity contribution is 6.32. The second kappa shape index (κ2) is 7.05. The summed E-state index contributed by atoms with van der Waals surface area (Å²) in [5.74, 6) is 1.26. The van der Waals surface area contributed by atoms with E-state index in [0.717, 1.165) is 43.1 Å². The Morgan fingerprint density at radius 3 is 2.54 bits per heavy atom. The number of aromatic nitrogens is 2. The molecule has 0 atom stereocenters. The smallest absolute Gasteiger partial charge is 0.141 e. The molecule has 1 aliphatic heterocycles. The molecule has 2 aromatic heterocycles. The summed E-state index contributed by atoms with van der Waals surface area (Å²) in [6.07, 6.45) is 4.12. The maximum absolute atomic E-state index is 6.31. The van der Waals surface area contributed by atoms with E-state index in [1.165, 1.54) is 5.69 Å². The Bertz CT molecular complexity index is 935. The molecule has 3 aromatic rings. The van der Waals surface area contributed by atoms with Crippen LogP contribution in [0.25, 0.3) is 16.9 Å². The van der Waals surface area contributed by atoms with Crippen molar-refractivity contribution in [3.63, 3.8) is 0 Å². The lowest BCUT2D eigenvalue weighted by Crippen LogP contribution is -2.43. The zero-order chi connectivity index (χ0) is 18.1. The molecule has 0 radical (unpaired) electrons. The fourth-order valence-corrected chi connectivity index (χ4v) is 3.52. The molecule has 0 bridgehead atoms. The van der Waals surface area contributed by atoms with Gasteiger partial charge in [-0.2, -0.15) is 0 Å². The third kappa shape index (κ3) is 3.06. The number of imidazole rings is 1. The number of pyridine rings is 1. The first-order valence-corrected chi connectivity index (χ1v) is 8.93. The molecule has 1 saturated heterocycles. The molecule has 0 amide bonds. The Balaban J connectivity index is 1.74. The number of anilines is 1. The van der Waals surface area contributed by atoms with Gasteiger partial charge >= 0.3 is 0 Å². The lowest BCUT2D eigenvalue weighted by atomic mass is 10.1. The number of piperazine rings is 1. The van der Waals surface area contributed by atoms with Crippen LogP contribution in [0, 0.1) is 0 Å². The van der Waals surface area contributed by atoms with Crippen LogP contribution < -0.4 is 19.7 Å². The molecule has 26 heavy (non-hydrogen) atoms. The van der Waals surface area contributed by atoms with Crippen LogP contribution in [0.3, 0.4) is 0 Å². The molecule has 136 valence electrons. The third-order valence-corrected chi connectivity index (χ3v) is 4.96. The lowest BCUT2D eigenvalue weighted by molar-refractivity contribution is 0.395. The number of rotatable bonds is 4. The van der Waals surface area contributed by atoms with E-state index >= 15 is 0 Å². The van der Waals surface area contributed by atoms with Gasteiger partial charge in [-0.15, -0.1) is 0 Å². The van der Waals surface area contributed by atoms with Gasteiger partial charge in [0.2, 0.25) is 0 Å². The molecule has 0 aliphatic carbocycles. The SMILES string of the molecule is COc1cc(OC)c(-c2cn3cc(N4CCNCC4)ccc3n2)cc1Cl. The highest BCUT2D eigenvalue weighted by Crippen LogP contribution is 2.38. The number of hydrogen-bond donors (Lipinski definition) is 1. The van der Waals surface area contributed by atoms with E-state index in [-0.39, 0.29) is 0 Å². The largest absolute Gasteiger partial charge is 0.496 e. The van der Waals surface area contributed by atoms with Crippen LogP contribution in [-0.2, 0) is 0 Å². The number of ether oxygens (including phenoxy) is 2. The third-order valence-electron chi connectivity index (χ3n) is 4.67. The van der Waals surface area contributed by atoms with Crippen molar-refractivity contribution >= 4 is 22.9 Å². The maximum atomic E-state index is 6.31. The first kappa shape index (κ1) is 17.0. The molecule has 0 saturated carbocycles. The van der Waals surface area contributed by atoms with Gasteiger partial charge in [0.1, 0.15) is 17.1 Å². The van der Waals surface area contributed by atoms with Gasteiger partial charge in [-0.05, 0) is 18.2 Å². The second-order valence-corrected chi connectivity index (χ2v) is 6.61. The fraction of sp³-hybridized carbons (Fsp3) is 0.316. The predicted octanol–water partition coefficient (Wildman–Crippen LogP) is 3.08. The summed E-state index contributed by atoms with van der Waals surface area (Å²) in [5, 5.41) is 3.91. The Morgan fingerprint density at radius 1 is 1.04 bits per heavy atom. The Hall–Kier alpha value is -2.44. The van der Waals surface area contributed by atoms with Crippen LogP contribution in [0.2, 0.25) is 5.02 Å². The number of fused-ring (bicyclic) bond motifs is 1. The van der Waals surface area contributed by atoms with Gasteiger partial charge in [0.15, 0.2) is 0 Å². The van der Waals surface area contributed by atoms with Crippen LogP contribution in [0.15, 0.2) is 36.7 Å². The molecule has 0 unspecified atom stereocenters. The van der Waals surface area contributed by atoms with E-state index in [4.69, 9.17) is 26.1 Å². The molecular formula is C19H21ClN4O2. The summed E-state index contributed by atoms with van der Waals surface area (Å²) < 4.78 is 12.8.